The highest BCUT2D eigenvalue weighted by Crippen LogP contribution is 2.24. The van der Waals surface area contributed by atoms with Gasteiger partial charge in [-0.15, -0.1) is 0 Å². The Labute approximate surface area is 105 Å². The molecule has 5 heteroatoms. The van der Waals surface area contributed by atoms with Crippen molar-refractivity contribution in [3.05, 3.63) is 24.2 Å². The lowest BCUT2D eigenvalue weighted by molar-refractivity contribution is -0.142. The maximum absolute atomic E-state index is 11.9. The zero-order chi connectivity index (χ0) is 13.0. The Bertz CT molecular complexity index is 413. The van der Waals surface area contributed by atoms with Crippen LogP contribution >= 0.6 is 0 Å². The van der Waals surface area contributed by atoms with Gasteiger partial charge in [-0.2, -0.15) is 0 Å². The number of amides is 1. The zero-order valence-electron chi connectivity index (χ0n) is 10.1. The summed E-state index contributed by atoms with van der Waals surface area (Å²) in [5, 5.41) is 12.0. The number of furan rings is 1. The summed E-state index contributed by atoms with van der Waals surface area (Å²) in [7, 11) is 0. The molecule has 1 heterocycles. The van der Waals surface area contributed by atoms with E-state index in [2.05, 4.69) is 5.32 Å². The van der Waals surface area contributed by atoms with Gasteiger partial charge in [-0.05, 0) is 25.0 Å². The van der Waals surface area contributed by atoms with Gasteiger partial charge < -0.3 is 14.8 Å². The first-order valence-corrected chi connectivity index (χ1v) is 6.25. The molecular formula is C13H17NO4. The first-order chi connectivity index (χ1) is 8.68. The maximum Gasteiger partial charge on any atom is 0.308 e. The van der Waals surface area contributed by atoms with Crippen LogP contribution in [0.15, 0.2) is 22.8 Å². The molecule has 0 radical (unpaired) electrons. The van der Waals surface area contributed by atoms with Crippen LogP contribution in [-0.4, -0.2) is 23.0 Å². The van der Waals surface area contributed by atoms with Crippen molar-refractivity contribution < 1.29 is 19.1 Å². The molecule has 2 atom stereocenters. The topological polar surface area (TPSA) is 79.5 Å². The van der Waals surface area contributed by atoms with E-state index in [-0.39, 0.29) is 17.7 Å². The Morgan fingerprint density at radius 2 is 2.06 bits per heavy atom. The predicted molar refractivity (Wildman–Crippen MR) is 64.2 cm³/mol. The average molecular weight is 251 g/mol. The Kier molecular flexibility index (Phi) is 4.02. The van der Waals surface area contributed by atoms with Crippen molar-refractivity contribution in [1.82, 2.24) is 5.32 Å². The lowest BCUT2D eigenvalue weighted by Gasteiger charge is -2.22. The number of carbonyl (C=O) groups excluding carboxylic acids is 1. The van der Waals surface area contributed by atoms with Crippen molar-refractivity contribution >= 4 is 11.9 Å². The van der Waals surface area contributed by atoms with Gasteiger partial charge in [-0.25, -0.2) is 0 Å². The second kappa shape index (κ2) is 5.71. The van der Waals surface area contributed by atoms with Crippen LogP contribution in [0.25, 0.3) is 0 Å². The molecule has 1 aliphatic carbocycles. The molecule has 98 valence electrons. The molecule has 2 N–H and O–H groups in total. The van der Waals surface area contributed by atoms with Crippen molar-refractivity contribution in [2.24, 2.45) is 5.92 Å². The summed E-state index contributed by atoms with van der Waals surface area (Å²) in [6.45, 7) is 0. The number of hydrogen-bond donors (Lipinski definition) is 2. The molecule has 1 aliphatic rings. The molecule has 1 aromatic heterocycles. The fourth-order valence-corrected chi connectivity index (χ4v) is 2.42. The summed E-state index contributed by atoms with van der Waals surface area (Å²) in [5.74, 6) is -1.44. The van der Waals surface area contributed by atoms with Crippen LogP contribution in [0.1, 0.15) is 42.7 Å². The second-order valence-corrected chi connectivity index (χ2v) is 4.64. The van der Waals surface area contributed by atoms with Crippen LogP contribution in [0.4, 0.5) is 0 Å². The molecule has 0 aromatic carbocycles. The molecule has 0 bridgehead atoms. The van der Waals surface area contributed by atoms with E-state index in [1.165, 1.54) is 6.26 Å². The number of carbonyl (C=O) groups is 2. The fraction of sp³-hybridized carbons (Fsp3) is 0.538. The van der Waals surface area contributed by atoms with Crippen molar-refractivity contribution in [2.45, 2.75) is 38.1 Å². The lowest BCUT2D eigenvalue weighted by Crippen LogP contribution is -2.42. The van der Waals surface area contributed by atoms with Gasteiger partial charge in [0.25, 0.3) is 5.91 Å². The van der Waals surface area contributed by atoms with Gasteiger partial charge in [0, 0.05) is 6.04 Å². The van der Waals surface area contributed by atoms with Gasteiger partial charge in [0.15, 0.2) is 5.76 Å². The molecule has 0 unspecified atom stereocenters. The standard InChI is InChI=1S/C13H17NO4/c15-12(11-7-4-8-18-11)14-10-6-3-1-2-5-9(10)13(16)17/h4,7-10H,1-3,5-6H2,(H,14,15)(H,16,17)/t9-,10+/m1/s1. The molecule has 2 rings (SSSR count). The largest absolute Gasteiger partial charge is 0.481 e. The van der Waals surface area contributed by atoms with E-state index in [4.69, 9.17) is 4.42 Å². The van der Waals surface area contributed by atoms with E-state index in [1.807, 2.05) is 0 Å². The van der Waals surface area contributed by atoms with E-state index in [1.54, 1.807) is 12.1 Å². The van der Waals surface area contributed by atoms with Crippen LogP contribution in [0, 0.1) is 5.92 Å². The van der Waals surface area contributed by atoms with Gasteiger partial charge in [0.05, 0.1) is 12.2 Å². The highest BCUT2D eigenvalue weighted by Gasteiger charge is 2.31. The van der Waals surface area contributed by atoms with Crippen molar-refractivity contribution in [2.75, 3.05) is 0 Å². The van der Waals surface area contributed by atoms with E-state index in [0.29, 0.717) is 12.8 Å². The van der Waals surface area contributed by atoms with E-state index in [0.717, 1.165) is 19.3 Å². The minimum atomic E-state index is -0.832. The van der Waals surface area contributed by atoms with Gasteiger partial charge in [-0.1, -0.05) is 19.3 Å². The number of carboxylic acid groups (broad SMARTS) is 1. The molecule has 1 amide bonds. The third kappa shape index (κ3) is 2.91. The number of aliphatic carboxylic acids is 1. The van der Waals surface area contributed by atoms with Crippen LogP contribution in [0.5, 0.6) is 0 Å². The lowest BCUT2D eigenvalue weighted by atomic mass is 9.95. The molecule has 0 spiro atoms. The predicted octanol–water partition coefficient (Wildman–Crippen LogP) is 2.04. The molecule has 1 saturated carbocycles. The highest BCUT2D eigenvalue weighted by molar-refractivity contribution is 5.91. The smallest absolute Gasteiger partial charge is 0.308 e. The summed E-state index contributed by atoms with van der Waals surface area (Å²) in [6.07, 6.45) is 5.65. The quantitative estimate of drug-likeness (QED) is 0.806. The molecule has 18 heavy (non-hydrogen) atoms. The second-order valence-electron chi connectivity index (χ2n) is 4.64. The monoisotopic (exact) mass is 251 g/mol. The van der Waals surface area contributed by atoms with Crippen molar-refractivity contribution in [3.63, 3.8) is 0 Å². The van der Waals surface area contributed by atoms with E-state index < -0.39 is 11.9 Å². The van der Waals surface area contributed by atoms with E-state index >= 15 is 0 Å². The molecular weight excluding hydrogens is 234 g/mol. The minimum absolute atomic E-state index is 0.225. The normalized spacial score (nSPS) is 24.2. The van der Waals surface area contributed by atoms with Crippen molar-refractivity contribution in [1.29, 1.82) is 0 Å². The Morgan fingerprint density at radius 1 is 1.28 bits per heavy atom. The fourth-order valence-electron chi connectivity index (χ4n) is 2.42. The third-order valence-electron chi connectivity index (χ3n) is 3.39. The molecule has 1 aromatic rings. The zero-order valence-corrected chi connectivity index (χ0v) is 10.1. The van der Waals surface area contributed by atoms with Gasteiger partial charge in [0.2, 0.25) is 0 Å². The first-order valence-electron chi connectivity index (χ1n) is 6.25. The average Bonchev–Trinajstić information content (AvgIpc) is 2.77. The number of nitrogens with one attached hydrogen (secondary N) is 1. The summed E-state index contributed by atoms with van der Waals surface area (Å²) in [4.78, 5) is 23.1. The summed E-state index contributed by atoms with van der Waals surface area (Å²) >= 11 is 0. The molecule has 5 nitrogen and oxygen atoms in total. The molecule has 0 aliphatic heterocycles. The van der Waals surface area contributed by atoms with Crippen LogP contribution in [-0.2, 0) is 4.79 Å². The summed E-state index contributed by atoms with van der Waals surface area (Å²) in [5.41, 5.74) is 0. The maximum atomic E-state index is 11.9. The van der Waals surface area contributed by atoms with Crippen LogP contribution < -0.4 is 5.32 Å². The van der Waals surface area contributed by atoms with Gasteiger partial charge >= 0.3 is 5.97 Å². The van der Waals surface area contributed by atoms with E-state index in [9.17, 15) is 14.7 Å². The Balaban J connectivity index is 2.04. The highest BCUT2D eigenvalue weighted by atomic mass is 16.4. The summed E-state index contributed by atoms with van der Waals surface area (Å²) in [6, 6.07) is 2.90. The number of hydrogen-bond acceptors (Lipinski definition) is 3. The molecule has 1 fully saturated rings. The van der Waals surface area contributed by atoms with Crippen LogP contribution in [0.3, 0.4) is 0 Å². The Hall–Kier alpha value is -1.78. The Morgan fingerprint density at radius 3 is 2.72 bits per heavy atom. The summed E-state index contributed by atoms with van der Waals surface area (Å²) < 4.78 is 5.00. The minimum Gasteiger partial charge on any atom is -0.481 e. The SMILES string of the molecule is O=C(N[C@H]1CCCCC[C@H]1C(=O)O)c1ccco1. The molecule has 0 saturated heterocycles. The number of carboxylic acids is 1. The van der Waals surface area contributed by atoms with Crippen LogP contribution in [0.2, 0.25) is 0 Å². The first kappa shape index (κ1) is 12.7. The third-order valence-corrected chi connectivity index (χ3v) is 3.39. The van der Waals surface area contributed by atoms with Crippen molar-refractivity contribution in [3.8, 4) is 0 Å². The van der Waals surface area contributed by atoms with Gasteiger partial charge in [0.1, 0.15) is 0 Å². The number of rotatable bonds is 3. The van der Waals surface area contributed by atoms with Gasteiger partial charge in [-0.3, -0.25) is 9.59 Å².